The molecule has 2 aromatic rings. The minimum atomic E-state index is -0.932. The summed E-state index contributed by atoms with van der Waals surface area (Å²) in [6.07, 6.45) is -0.932. The van der Waals surface area contributed by atoms with Crippen molar-refractivity contribution in [3.05, 3.63) is 53.1 Å². The third-order valence-electron chi connectivity index (χ3n) is 4.81. The summed E-state index contributed by atoms with van der Waals surface area (Å²) < 4.78 is 21.4. The van der Waals surface area contributed by atoms with Crippen LogP contribution in [0.5, 0.6) is 17.2 Å². The molecule has 0 spiro atoms. The zero-order chi connectivity index (χ0) is 21.7. The molecule has 0 radical (unpaired) electrons. The van der Waals surface area contributed by atoms with Crippen LogP contribution in [0, 0.1) is 6.92 Å². The number of nitrogens with one attached hydrogen (secondary N) is 1. The van der Waals surface area contributed by atoms with E-state index in [9.17, 15) is 9.59 Å². The number of aryl methyl sites for hydroxylation is 1. The Morgan fingerprint density at radius 1 is 1.07 bits per heavy atom. The van der Waals surface area contributed by atoms with Crippen LogP contribution in [-0.2, 0) is 20.9 Å². The molecule has 7 heteroatoms. The zero-order valence-electron chi connectivity index (χ0n) is 17.7. The van der Waals surface area contributed by atoms with Crippen LogP contribution in [0.2, 0.25) is 0 Å². The van der Waals surface area contributed by atoms with Crippen molar-refractivity contribution >= 4 is 11.9 Å². The maximum absolute atomic E-state index is 12.2. The average molecular weight is 413 g/mol. The molecule has 0 aromatic heterocycles. The molecule has 0 unspecified atom stereocenters. The number of carbonyl (C=O) groups is 2. The van der Waals surface area contributed by atoms with Crippen molar-refractivity contribution < 1.29 is 28.5 Å². The van der Waals surface area contributed by atoms with E-state index in [-0.39, 0.29) is 25.9 Å². The molecule has 160 valence electrons. The lowest BCUT2D eigenvalue weighted by atomic mass is 10.0. The summed E-state index contributed by atoms with van der Waals surface area (Å²) in [7, 11) is 0. The van der Waals surface area contributed by atoms with Crippen LogP contribution < -0.4 is 19.5 Å². The number of carbonyl (C=O) groups excluding carboxylic acids is 2. The molecule has 0 fully saturated rings. The largest absolute Gasteiger partial charge is 0.482 e. The summed E-state index contributed by atoms with van der Waals surface area (Å²) >= 11 is 0. The number of hydrogen-bond acceptors (Lipinski definition) is 6. The highest BCUT2D eigenvalue weighted by atomic mass is 16.7. The number of amides is 1. The molecule has 3 rings (SSSR count). The quantitative estimate of drug-likeness (QED) is 0.667. The molecule has 0 bridgehead atoms. The summed E-state index contributed by atoms with van der Waals surface area (Å²) in [6.45, 7) is 7.84. The van der Waals surface area contributed by atoms with Crippen molar-refractivity contribution in [3.63, 3.8) is 0 Å². The monoisotopic (exact) mass is 413 g/mol. The van der Waals surface area contributed by atoms with Gasteiger partial charge in [-0.3, -0.25) is 4.79 Å². The second-order valence-corrected chi connectivity index (χ2v) is 7.51. The topological polar surface area (TPSA) is 83.1 Å². The molecule has 1 heterocycles. The third kappa shape index (κ3) is 5.43. The maximum atomic E-state index is 12.2. The fourth-order valence-electron chi connectivity index (χ4n) is 2.94. The predicted octanol–water partition coefficient (Wildman–Crippen LogP) is 3.47. The Balaban J connectivity index is 1.45. The zero-order valence-corrected chi connectivity index (χ0v) is 17.7. The summed E-state index contributed by atoms with van der Waals surface area (Å²) in [5, 5.41) is 2.74. The van der Waals surface area contributed by atoms with E-state index >= 15 is 0 Å². The van der Waals surface area contributed by atoms with Gasteiger partial charge in [0.2, 0.25) is 6.79 Å². The second kappa shape index (κ2) is 9.52. The van der Waals surface area contributed by atoms with E-state index < -0.39 is 12.1 Å². The summed E-state index contributed by atoms with van der Waals surface area (Å²) in [4.78, 5) is 24.4. The first-order chi connectivity index (χ1) is 14.3. The molecule has 30 heavy (non-hydrogen) atoms. The van der Waals surface area contributed by atoms with Gasteiger partial charge in [0.05, 0.1) is 0 Å². The standard InChI is InChI=1S/C23H27NO6/c1-14(2)18-7-5-15(3)20(10-18)27-12-22(25)30-16(4)23(26)24-11-17-6-8-19-21(9-17)29-13-28-19/h5-10,14,16H,11-13H2,1-4H3,(H,24,26)/t16-/m1/s1. The fourth-order valence-corrected chi connectivity index (χ4v) is 2.94. The third-order valence-corrected chi connectivity index (χ3v) is 4.81. The Hall–Kier alpha value is -3.22. The highest BCUT2D eigenvalue weighted by Gasteiger charge is 2.19. The fraction of sp³-hybridized carbons (Fsp3) is 0.391. The molecule has 1 atom stereocenters. The highest BCUT2D eigenvalue weighted by Crippen LogP contribution is 2.32. The number of fused-ring (bicyclic) bond motifs is 1. The highest BCUT2D eigenvalue weighted by molar-refractivity contribution is 5.83. The van der Waals surface area contributed by atoms with E-state index in [1.165, 1.54) is 6.92 Å². The van der Waals surface area contributed by atoms with E-state index in [1.54, 1.807) is 12.1 Å². The van der Waals surface area contributed by atoms with Gasteiger partial charge in [0.15, 0.2) is 24.2 Å². The molecule has 0 aliphatic carbocycles. The van der Waals surface area contributed by atoms with Gasteiger partial charge in [0, 0.05) is 6.54 Å². The Morgan fingerprint density at radius 3 is 2.60 bits per heavy atom. The minimum absolute atomic E-state index is 0.196. The van der Waals surface area contributed by atoms with Gasteiger partial charge in [-0.25, -0.2) is 4.79 Å². The van der Waals surface area contributed by atoms with E-state index in [2.05, 4.69) is 19.2 Å². The molecular formula is C23H27NO6. The molecular weight excluding hydrogens is 386 g/mol. The lowest BCUT2D eigenvalue weighted by Gasteiger charge is -2.15. The van der Waals surface area contributed by atoms with E-state index in [1.807, 2.05) is 31.2 Å². The first-order valence-corrected chi connectivity index (χ1v) is 9.92. The molecule has 1 aliphatic rings. The van der Waals surface area contributed by atoms with Crippen LogP contribution in [0.15, 0.2) is 36.4 Å². The van der Waals surface area contributed by atoms with Crippen molar-refractivity contribution in [3.8, 4) is 17.2 Å². The van der Waals surface area contributed by atoms with Crippen LogP contribution in [0.1, 0.15) is 43.4 Å². The van der Waals surface area contributed by atoms with Crippen LogP contribution in [0.25, 0.3) is 0 Å². The Kier molecular flexibility index (Phi) is 6.82. The van der Waals surface area contributed by atoms with Gasteiger partial charge in [-0.15, -0.1) is 0 Å². The summed E-state index contributed by atoms with van der Waals surface area (Å²) in [5.41, 5.74) is 2.91. The van der Waals surface area contributed by atoms with Gasteiger partial charge in [0.25, 0.3) is 5.91 Å². The van der Waals surface area contributed by atoms with Crippen LogP contribution in [0.4, 0.5) is 0 Å². The smallest absolute Gasteiger partial charge is 0.344 e. The predicted molar refractivity (Wildman–Crippen MR) is 111 cm³/mol. The van der Waals surface area contributed by atoms with E-state index in [0.29, 0.717) is 23.2 Å². The minimum Gasteiger partial charge on any atom is -0.482 e. The Labute approximate surface area is 176 Å². The lowest BCUT2D eigenvalue weighted by Crippen LogP contribution is -2.36. The first-order valence-electron chi connectivity index (χ1n) is 9.92. The summed E-state index contributed by atoms with van der Waals surface area (Å²) in [5.74, 6) is 1.33. The van der Waals surface area contributed by atoms with Gasteiger partial charge in [-0.05, 0) is 54.7 Å². The van der Waals surface area contributed by atoms with E-state index in [4.69, 9.17) is 18.9 Å². The van der Waals surface area contributed by atoms with Crippen molar-refractivity contribution in [2.45, 2.75) is 46.3 Å². The van der Waals surface area contributed by atoms with E-state index in [0.717, 1.165) is 16.7 Å². The molecule has 1 N–H and O–H groups in total. The van der Waals surface area contributed by atoms with Gasteiger partial charge < -0.3 is 24.3 Å². The number of benzene rings is 2. The number of hydrogen-bond donors (Lipinski definition) is 1. The second-order valence-electron chi connectivity index (χ2n) is 7.51. The van der Waals surface area contributed by atoms with Gasteiger partial charge in [-0.1, -0.05) is 32.0 Å². The first kappa shape index (κ1) is 21.5. The van der Waals surface area contributed by atoms with Crippen LogP contribution in [-0.4, -0.2) is 31.4 Å². The average Bonchev–Trinajstić information content (AvgIpc) is 3.19. The van der Waals surface area contributed by atoms with Crippen molar-refractivity contribution in [2.24, 2.45) is 0 Å². The number of esters is 1. The SMILES string of the molecule is Cc1ccc(C(C)C)cc1OCC(=O)O[C@H](C)C(=O)NCc1ccc2c(c1)OCO2. The molecule has 7 nitrogen and oxygen atoms in total. The lowest BCUT2D eigenvalue weighted by molar-refractivity contribution is -0.156. The molecule has 2 aromatic carbocycles. The molecule has 0 saturated heterocycles. The van der Waals surface area contributed by atoms with Crippen molar-refractivity contribution in [1.82, 2.24) is 5.32 Å². The Bertz CT molecular complexity index is 924. The Morgan fingerprint density at radius 2 is 1.83 bits per heavy atom. The summed E-state index contributed by atoms with van der Waals surface area (Å²) in [6, 6.07) is 11.4. The molecule has 0 saturated carbocycles. The normalized spacial score (nSPS) is 13.1. The number of rotatable bonds is 8. The molecule has 1 aliphatic heterocycles. The van der Waals surface area contributed by atoms with Gasteiger partial charge in [-0.2, -0.15) is 0 Å². The van der Waals surface area contributed by atoms with Gasteiger partial charge >= 0.3 is 5.97 Å². The number of ether oxygens (including phenoxy) is 4. The van der Waals surface area contributed by atoms with Gasteiger partial charge in [0.1, 0.15) is 5.75 Å². The maximum Gasteiger partial charge on any atom is 0.344 e. The van der Waals surface area contributed by atoms with Crippen LogP contribution >= 0.6 is 0 Å². The van der Waals surface area contributed by atoms with Crippen LogP contribution in [0.3, 0.4) is 0 Å². The molecule has 1 amide bonds. The van der Waals surface area contributed by atoms with Crippen molar-refractivity contribution in [1.29, 1.82) is 0 Å². The van der Waals surface area contributed by atoms with Crippen molar-refractivity contribution in [2.75, 3.05) is 13.4 Å².